The average Bonchev–Trinajstić information content (AvgIpc) is 2.95. The number of rotatable bonds is 2. The standard InChI is InChI=1S/C12H14ClN4O2S/c1-7(13)3-4-17-10(18)8-9(15(2)12(17)19)14-11-16(8)5-6-20-11/h3,8H,4-6H2,1-2H3/q+1/b7-3-. The number of imide groups is 1. The third-order valence-electron chi connectivity index (χ3n) is 3.49. The second kappa shape index (κ2) is 4.89. The Morgan fingerprint density at radius 1 is 1.60 bits per heavy atom. The zero-order valence-corrected chi connectivity index (χ0v) is 12.7. The number of urea groups is 1. The Bertz CT molecular complexity index is 594. The van der Waals surface area contributed by atoms with Crippen LogP contribution in [0.2, 0.25) is 0 Å². The van der Waals surface area contributed by atoms with E-state index in [9.17, 15) is 9.59 Å². The van der Waals surface area contributed by atoms with Gasteiger partial charge in [0.15, 0.2) is 0 Å². The fourth-order valence-electron chi connectivity index (χ4n) is 2.46. The summed E-state index contributed by atoms with van der Waals surface area (Å²) in [6, 6.07) is -0.822. The van der Waals surface area contributed by atoms with Crippen LogP contribution in [0.5, 0.6) is 0 Å². The largest absolute Gasteiger partial charge is 0.358 e. The molecule has 3 aliphatic rings. The van der Waals surface area contributed by atoms with E-state index < -0.39 is 6.04 Å². The molecule has 0 aromatic rings. The number of carbonyl (C=O) groups excluding carboxylic acids is 2. The van der Waals surface area contributed by atoms with Gasteiger partial charge in [0.1, 0.15) is 0 Å². The quantitative estimate of drug-likeness (QED) is 0.712. The van der Waals surface area contributed by atoms with Crippen molar-refractivity contribution in [1.82, 2.24) is 9.80 Å². The lowest BCUT2D eigenvalue weighted by molar-refractivity contribution is -0.525. The van der Waals surface area contributed by atoms with Gasteiger partial charge in [-0.1, -0.05) is 17.7 Å². The van der Waals surface area contributed by atoms with Crippen LogP contribution in [0.3, 0.4) is 0 Å². The number of fused-ring (bicyclic) bond motifs is 2. The number of amides is 3. The van der Waals surface area contributed by atoms with Gasteiger partial charge in [-0.25, -0.2) is 9.37 Å². The number of hydrogen-bond acceptors (Lipinski definition) is 4. The van der Waals surface area contributed by atoms with Crippen LogP contribution < -0.4 is 0 Å². The van der Waals surface area contributed by atoms with Crippen molar-refractivity contribution in [1.29, 1.82) is 0 Å². The molecule has 0 aliphatic carbocycles. The van der Waals surface area contributed by atoms with E-state index in [0.717, 1.165) is 17.5 Å². The van der Waals surface area contributed by atoms with Crippen LogP contribution in [-0.4, -0.2) is 69.2 Å². The topological polar surface area (TPSA) is 56.0 Å². The Hall–Kier alpha value is -1.34. The Kier molecular flexibility index (Phi) is 3.33. The predicted octanol–water partition coefficient (Wildman–Crippen LogP) is 0.919. The van der Waals surface area contributed by atoms with Crippen LogP contribution in [0.4, 0.5) is 4.79 Å². The molecule has 0 saturated carbocycles. The second-order valence-corrected chi connectivity index (χ2v) is 6.44. The maximum atomic E-state index is 12.6. The summed E-state index contributed by atoms with van der Waals surface area (Å²) in [5.74, 6) is 1.23. The van der Waals surface area contributed by atoms with E-state index in [1.54, 1.807) is 31.8 Å². The first kappa shape index (κ1) is 13.6. The van der Waals surface area contributed by atoms with E-state index in [1.165, 1.54) is 9.80 Å². The molecule has 6 nitrogen and oxygen atoms in total. The fourth-order valence-corrected chi connectivity index (χ4v) is 3.52. The number of carbonyl (C=O) groups is 2. The van der Waals surface area contributed by atoms with Gasteiger partial charge < -0.3 is 0 Å². The van der Waals surface area contributed by atoms with Crippen LogP contribution in [0.25, 0.3) is 0 Å². The molecule has 0 spiro atoms. The van der Waals surface area contributed by atoms with E-state index in [1.807, 2.05) is 4.58 Å². The van der Waals surface area contributed by atoms with E-state index in [0.29, 0.717) is 10.9 Å². The maximum Gasteiger partial charge on any atom is 0.358 e. The van der Waals surface area contributed by atoms with Crippen LogP contribution in [0.1, 0.15) is 6.92 Å². The number of allylic oxidation sites excluding steroid dienone is 1. The van der Waals surface area contributed by atoms with Gasteiger partial charge in [-0.3, -0.25) is 14.6 Å². The summed E-state index contributed by atoms with van der Waals surface area (Å²) in [5.41, 5.74) is 0. The summed E-state index contributed by atoms with van der Waals surface area (Å²) < 4.78 is 1.97. The Morgan fingerprint density at radius 3 is 3.05 bits per heavy atom. The van der Waals surface area contributed by atoms with E-state index in [2.05, 4.69) is 4.99 Å². The van der Waals surface area contributed by atoms with Crippen LogP contribution in [0, 0.1) is 0 Å². The lowest BCUT2D eigenvalue weighted by atomic mass is 10.1. The first-order valence-electron chi connectivity index (χ1n) is 6.27. The molecule has 1 atom stereocenters. The van der Waals surface area contributed by atoms with Crippen molar-refractivity contribution in [3.05, 3.63) is 11.1 Å². The Balaban J connectivity index is 1.94. The first-order chi connectivity index (χ1) is 9.50. The molecular weight excluding hydrogens is 300 g/mol. The Labute approximate surface area is 125 Å². The van der Waals surface area contributed by atoms with E-state index in [-0.39, 0.29) is 18.5 Å². The van der Waals surface area contributed by atoms with Crippen LogP contribution in [0.15, 0.2) is 16.1 Å². The zero-order chi connectivity index (χ0) is 14.4. The molecule has 20 heavy (non-hydrogen) atoms. The SMILES string of the molecule is C/C(Cl)=C/CN1C(=O)C2C(=NC3=[N+]2CCS3)N(C)C1=O. The van der Waals surface area contributed by atoms with Crippen LogP contribution in [-0.2, 0) is 4.79 Å². The molecule has 0 bridgehead atoms. The van der Waals surface area contributed by atoms with Crippen molar-refractivity contribution in [2.24, 2.45) is 4.99 Å². The first-order valence-corrected chi connectivity index (χ1v) is 7.63. The maximum absolute atomic E-state index is 12.6. The highest BCUT2D eigenvalue weighted by atomic mass is 35.5. The minimum Gasteiger partial charge on any atom is -0.269 e. The number of hydrogen-bond donors (Lipinski definition) is 0. The summed E-state index contributed by atoms with van der Waals surface area (Å²) in [6.45, 7) is 2.69. The van der Waals surface area contributed by atoms with Gasteiger partial charge in [0.2, 0.25) is 0 Å². The zero-order valence-electron chi connectivity index (χ0n) is 11.2. The highest BCUT2D eigenvalue weighted by Crippen LogP contribution is 2.26. The van der Waals surface area contributed by atoms with Crippen LogP contribution >= 0.6 is 23.4 Å². The number of likely N-dealkylation sites (N-methyl/N-ethyl adjacent to an activating group) is 1. The molecule has 8 heteroatoms. The number of thioether (sulfide) groups is 1. The second-order valence-electron chi connectivity index (χ2n) is 4.78. The van der Waals surface area contributed by atoms with E-state index in [4.69, 9.17) is 11.6 Å². The normalized spacial score (nSPS) is 26.2. The van der Waals surface area contributed by atoms with Crippen molar-refractivity contribution in [3.63, 3.8) is 0 Å². The summed E-state index contributed by atoms with van der Waals surface area (Å²) in [5, 5.41) is 1.40. The van der Waals surface area contributed by atoms with E-state index >= 15 is 0 Å². The molecular formula is C12H14ClN4O2S+. The molecule has 1 fully saturated rings. The van der Waals surface area contributed by atoms with Gasteiger partial charge in [0.05, 0.1) is 13.1 Å². The average molecular weight is 314 g/mol. The minimum atomic E-state index is -0.466. The van der Waals surface area contributed by atoms with Gasteiger partial charge in [0, 0.05) is 17.8 Å². The summed E-state index contributed by atoms with van der Waals surface area (Å²) >= 11 is 7.40. The van der Waals surface area contributed by atoms with Crippen molar-refractivity contribution in [2.75, 3.05) is 25.9 Å². The van der Waals surface area contributed by atoms with Crippen molar-refractivity contribution in [3.8, 4) is 0 Å². The smallest absolute Gasteiger partial charge is 0.269 e. The molecule has 0 radical (unpaired) electrons. The Morgan fingerprint density at radius 2 is 2.35 bits per heavy atom. The predicted molar refractivity (Wildman–Crippen MR) is 78.3 cm³/mol. The van der Waals surface area contributed by atoms with Gasteiger partial charge in [-0.2, -0.15) is 0 Å². The van der Waals surface area contributed by atoms with Gasteiger partial charge >= 0.3 is 11.2 Å². The molecule has 0 aromatic heterocycles. The monoisotopic (exact) mass is 313 g/mol. The number of nitrogens with zero attached hydrogens (tertiary/aromatic N) is 4. The molecule has 1 saturated heterocycles. The summed E-state index contributed by atoms with van der Waals surface area (Å²) in [4.78, 5) is 31.9. The number of aliphatic imine (C=N–C) groups is 1. The number of halogens is 1. The molecule has 0 N–H and O–H groups in total. The van der Waals surface area contributed by atoms with Crippen molar-refractivity contribution >= 4 is 46.3 Å². The molecule has 3 aliphatic heterocycles. The molecule has 3 amide bonds. The molecule has 0 aromatic carbocycles. The minimum absolute atomic E-state index is 0.192. The highest BCUT2D eigenvalue weighted by Gasteiger charge is 2.55. The lowest BCUT2D eigenvalue weighted by Gasteiger charge is -2.32. The third-order valence-corrected chi connectivity index (χ3v) is 4.62. The molecule has 106 valence electrons. The summed E-state index contributed by atoms with van der Waals surface area (Å²) in [7, 11) is 1.65. The molecule has 3 heterocycles. The van der Waals surface area contributed by atoms with Gasteiger partial charge in [-0.15, -0.1) is 0 Å². The van der Waals surface area contributed by atoms with Crippen molar-refractivity contribution < 1.29 is 14.2 Å². The molecule has 3 rings (SSSR count). The fraction of sp³-hybridized carbons (Fsp3) is 0.500. The number of amidine groups is 2. The lowest BCUT2D eigenvalue weighted by Crippen LogP contribution is -2.62. The highest BCUT2D eigenvalue weighted by molar-refractivity contribution is 8.13. The summed E-state index contributed by atoms with van der Waals surface area (Å²) in [6.07, 6.45) is 1.66. The van der Waals surface area contributed by atoms with Gasteiger partial charge in [-0.05, 0) is 23.7 Å². The third kappa shape index (κ3) is 1.96. The van der Waals surface area contributed by atoms with Gasteiger partial charge in [0.25, 0.3) is 17.8 Å². The van der Waals surface area contributed by atoms with Crippen molar-refractivity contribution in [2.45, 2.75) is 13.0 Å². The molecule has 1 unspecified atom stereocenters.